The molecule has 1 heterocycles. The van der Waals surface area contributed by atoms with Crippen molar-refractivity contribution in [2.24, 2.45) is 5.92 Å². The lowest BCUT2D eigenvalue weighted by atomic mass is 10.0. The minimum atomic E-state index is -1.02. The number of hydrogen-bond donors (Lipinski definition) is 1. The van der Waals surface area contributed by atoms with Crippen molar-refractivity contribution in [3.63, 3.8) is 0 Å². The Morgan fingerprint density at radius 3 is 2.29 bits per heavy atom. The molecule has 1 aromatic rings. The van der Waals surface area contributed by atoms with Gasteiger partial charge < -0.3 is 9.52 Å². The van der Waals surface area contributed by atoms with Crippen molar-refractivity contribution in [2.75, 3.05) is 7.05 Å². The normalized spacial score (nSPS) is 15.2. The number of carboxylic acids is 1. The second-order valence-corrected chi connectivity index (χ2v) is 4.83. The maximum absolute atomic E-state index is 10.7. The van der Waals surface area contributed by atoms with Gasteiger partial charge in [0.2, 0.25) is 5.76 Å². The van der Waals surface area contributed by atoms with Crippen LogP contribution >= 0.6 is 0 Å². The number of furan rings is 1. The van der Waals surface area contributed by atoms with E-state index in [4.69, 9.17) is 9.52 Å². The largest absolute Gasteiger partial charge is 0.475 e. The molecule has 2 unspecified atom stereocenters. The lowest BCUT2D eigenvalue weighted by Gasteiger charge is -2.32. The quantitative estimate of drug-likeness (QED) is 0.858. The zero-order valence-electron chi connectivity index (χ0n) is 11.1. The Balaban J connectivity index is 2.81. The zero-order valence-corrected chi connectivity index (χ0v) is 11.1. The van der Waals surface area contributed by atoms with Crippen LogP contribution in [0.4, 0.5) is 0 Å². The standard InChI is InChI=1S/C13H21NO3/c1-8(2)9(3)14(5)10(4)11-6-7-12(17-11)13(15)16/h6-10H,1-5H3,(H,15,16). The van der Waals surface area contributed by atoms with Gasteiger partial charge in [-0.05, 0) is 38.9 Å². The summed E-state index contributed by atoms with van der Waals surface area (Å²) in [5.74, 6) is 0.203. The number of carboxylic acid groups (broad SMARTS) is 1. The molecule has 1 rings (SSSR count). The van der Waals surface area contributed by atoms with Crippen molar-refractivity contribution in [1.82, 2.24) is 4.90 Å². The molecule has 0 saturated carbocycles. The van der Waals surface area contributed by atoms with Gasteiger partial charge in [0.25, 0.3) is 0 Å². The highest BCUT2D eigenvalue weighted by Crippen LogP contribution is 2.25. The summed E-state index contributed by atoms with van der Waals surface area (Å²) in [7, 11) is 2.03. The molecule has 0 fully saturated rings. The van der Waals surface area contributed by atoms with Gasteiger partial charge in [-0.3, -0.25) is 4.90 Å². The Morgan fingerprint density at radius 1 is 1.29 bits per heavy atom. The Bertz CT molecular complexity index is 384. The van der Waals surface area contributed by atoms with E-state index in [2.05, 4.69) is 25.7 Å². The predicted octanol–water partition coefficient (Wildman–Crippen LogP) is 3.02. The van der Waals surface area contributed by atoms with Crippen molar-refractivity contribution >= 4 is 5.97 Å². The molecular weight excluding hydrogens is 218 g/mol. The van der Waals surface area contributed by atoms with Gasteiger partial charge in [0.05, 0.1) is 6.04 Å². The van der Waals surface area contributed by atoms with Gasteiger partial charge in [0.1, 0.15) is 5.76 Å². The predicted molar refractivity (Wildman–Crippen MR) is 66.1 cm³/mol. The average Bonchev–Trinajstić information content (AvgIpc) is 2.75. The summed E-state index contributed by atoms with van der Waals surface area (Å²) < 4.78 is 5.32. The van der Waals surface area contributed by atoms with E-state index in [-0.39, 0.29) is 11.8 Å². The molecule has 17 heavy (non-hydrogen) atoms. The van der Waals surface area contributed by atoms with Gasteiger partial charge >= 0.3 is 5.97 Å². The number of rotatable bonds is 5. The maximum Gasteiger partial charge on any atom is 0.371 e. The van der Waals surface area contributed by atoms with Gasteiger partial charge in [0.15, 0.2) is 0 Å². The summed E-state index contributed by atoms with van der Waals surface area (Å²) in [5, 5.41) is 8.81. The lowest BCUT2D eigenvalue weighted by Crippen LogP contribution is -2.35. The van der Waals surface area contributed by atoms with Crippen LogP contribution in [0.25, 0.3) is 0 Å². The summed E-state index contributed by atoms with van der Waals surface area (Å²) >= 11 is 0. The van der Waals surface area contributed by atoms with Crippen molar-refractivity contribution in [3.05, 3.63) is 23.7 Å². The molecule has 4 heteroatoms. The first-order chi connectivity index (χ1) is 7.84. The Kier molecular flexibility index (Phi) is 4.34. The molecule has 0 aliphatic carbocycles. The second-order valence-electron chi connectivity index (χ2n) is 4.83. The van der Waals surface area contributed by atoms with E-state index >= 15 is 0 Å². The van der Waals surface area contributed by atoms with E-state index in [1.54, 1.807) is 6.07 Å². The SMILES string of the molecule is CC(C)C(C)N(C)C(C)c1ccc(C(=O)O)o1. The number of carbonyl (C=O) groups is 1. The van der Waals surface area contributed by atoms with Crippen molar-refractivity contribution < 1.29 is 14.3 Å². The maximum atomic E-state index is 10.7. The van der Waals surface area contributed by atoms with Crippen LogP contribution in [0.3, 0.4) is 0 Å². The van der Waals surface area contributed by atoms with E-state index in [1.165, 1.54) is 6.07 Å². The summed E-state index contributed by atoms with van der Waals surface area (Å²) in [6, 6.07) is 3.71. The van der Waals surface area contributed by atoms with Crippen LogP contribution in [-0.2, 0) is 0 Å². The first-order valence-corrected chi connectivity index (χ1v) is 5.89. The Morgan fingerprint density at radius 2 is 1.88 bits per heavy atom. The molecule has 0 aliphatic heterocycles. The average molecular weight is 239 g/mol. The third-order valence-electron chi connectivity index (χ3n) is 3.47. The molecule has 2 atom stereocenters. The van der Waals surface area contributed by atoms with Crippen LogP contribution in [0, 0.1) is 5.92 Å². The van der Waals surface area contributed by atoms with Crippen LogP contribution in [-0.4, -0.2) is 29.1 Å². The molecule has 0 aliphatic rings. The molecular formula is C13H21NO3. The molecule has 0 bridgehead atoms. The summed E-state index contributed by atoms with van der Waals surface area (Å²) in [6.45, 7) is 8.50. The smallest absolute Gasteiger partial charge is 0.371 e. The minimum absolute atomic E-state index is 0.00236. The van der Waals surface area contributed by atoms with Gasteiger partial charge in [0, 0.05) is 6.04 Å². The fourth-order valence-electron chi connectivity index (χ4n) is 1.72. The summed E-state index contributed by atoms with van der Waals surface area (Å²) in [4.78, 5) is 12.9. The zero-order chi connectivity index (χ0) is 13.2. The molecule has 4 nitrogen and oxygen atoms in total. The monoisotopic (exact) mass is 239 g/mol. The summed E-state index contributed by atoms with van der Waals surface area (Å²) in [5.41, 5.74) is 0. The van der Waals surface area contributed by atoms with Crippen molar-refractivity contribution in [1.29, 1.82) is 0 Å². The molecule has 96 valence electrons. The number of nitrogens with zero attached hydrogens (tertiary/aromatic N) is 1. The topological polar surface area (TPSA) is 53.7 Å². The minimum Gasteiger partial charge on any atom is -0.475 e. The second kappa shape index (κ2) is 5.36. The highest BCUT2D eigenvalue weighted by atomic mass is 16.4. The van der Waals surface area contributed by atoms with E-state index in [0.29, 0.717) is 17.7 Å². The fourth-order valence-corrected chi connectivity index (χ4v) is 1.72. The molecule has 0 radical (unpaired) electrons. The van der Waals surface area contributed by atoms with E-state index in [1.807, 2.05) is 14.0 Å². The van der Waals surface area contributed by atoms with Gasteiger partial charge in [-0.2, -0.15) is 0 Å². The third kappa shape index (κ3) is 3.09. The molecule has 0 spiro atoms. The summed E-state index contributed by atoms with van der Waals surface area (Å²) in [6.07, 6.45) is 0. The Hall–Kier alpha value is -1.29. The first kappa shape index (κ1) is 13.8. The molecule has 0 saturated heterocycles. The van der Waals surface area contributed by atoms with Crippen LogP contribution in [0.1, 0.15) is 50.1 Å². The molecule has 0 amide bonds. The third-order valence-corrected chi connectivity index (χ3v) is 3.47. The van der Waals surface area contributed by atoms with E-state index < -0.39 is 5.97 Å². The number of hydrogen-bond acceptors (Lipinski definition) is 3. The highest BCUT2D eigenvalue weighted by molar-refractivity contribution is 5.84. The highest BCUT2D eigenvalue weighted by Gasteiger charge is 2.22. The van der Waals surface area contributed by atoms with Crippen molar-refractivity contribution in [2.45, 2.75) is 39.8 Å². The van der Waals surface area contributed by atoms with Crippen LogP contribution in [0.15, 0.2) is 16.5 Å². The van der Waals surface area contributed by atoms with Crippen LogP contribution in [0.2, 0.25) is 0 Å². The molecule has 0 aromatic carbocycles. The first-order valence-electron chi connectivity index (χ1n) is 5.89. The van der Waals surface area contributed by atoms with Gasteiger partial charge in [-0.25, -0.2) is 4.79 Å². The molecule has 1 aromatic heterocycles. The molecule has 1 N–H and O–H groups in total. The van der Waals surface area contributed by atoms with Gasteiger partial charge in [-0.1, -0.05) is 13.8 Å². The lowest BCUT2D eigenvalue weighted by molar-refractivity contribution is 0.0653. The van der Waals surface area contributed by atoms with E-state index in [9.17, 15) is 4.79 Å². The van der Waals surface area contributed by atoms with Gasteiger partial charge in [-0.15, -0.1) is 0 Å². The van der Waals surface area contributed by atoms with Crippen LogP contribution in [0.5, 0.6) is 0 Å². The fraction of sp³-hybridized carbons (Fsp3) is 0.615. The van der Waals surface area contributed by atoms with Crippen LogP contribution < -0.4 is 0 Å². The van der Waals surface area contributed by atoms with Crippen molar-refractivity contribution in [3.8, 4) is 0 Å². The number of aromatic carboxylic acids is 1. The Labute approximate surface area is 102 Å². The van der Waals surface area contributed by atoms with E-state index in [0.717, 1.165) is 0 Å².